The molecule has 3 amide bonds. The van der Waals surface area contributed by atoms with E-state index in [-0.39, 0.29) is 16.6 Å². The summed E-state index contributed by atoms with van der Waals surface area (Å²) in [5, 5.41) is 9.03. The topological polar surface area (TPSA) is 109 Å². The number of thiazole rings is 1. The summed E-state index contributed by atoms with van der Waals surface area (Å²) in [4.78, 5) is 44.5. The Morgan fingerprint density at radius 1 is 0.933 bits per heavy atom. The average molecular weight is 678 g/mol. The van der Waals surface area contributed by atoms with Gasteiger partial charge in [0.05, 0.1) is 32.6 Å². The third-order valence-corrected chi connectivity index (χ3v) is 9.31. The molecule has 228 valence electrons. The molecule has 0 aliphatic carbocycles. The third kappa shape index (κ3) is 8.23. The summed E-state index contributed by atoms with van der Waals surface area (Å²) in [5.74, 6) is -0.481. The van der Waals surface area contributed by atoms with Crippen molar-refractivity contribution in [3.8, 4) is 5.75 Å². The molecule has 0 bridgehead atoms. The molecule has 1 atom stereocenters. The van der Waals surface area contributed by atoms with Crippen LogP contribution >= 0.6 is 46.3 Å². The second-order valence-corrected chi connectivity index (χ2v) is 12.8. The Balaban J connectivity index is 1.25. The highest BCUT2D eigenvalue weighted by Crippen LogP contribution is 2.31. The number of methoxy groups -OCH3 is 1. The number of rotatable bonds is 10. The zero-order chi connectivity index (χ0) is 31.9. The number of aromatic nitrogens is 1. The number of nitrogens with one attached hydrogen (secondary N) is 3. The van der Waals surface area contributed by atoms with E-state index in [9.17, 15) is 14.4 Å². The van der Waals surface area contributed by atoms with Crippen molar-refractivity contribution in [2.24, 2.45) is 0 Å². The van der Waals surface area contributed by atoms with E-state index in [1.165, 1.54) is 29.2 Å². The monoisotopic (exact) mass is 676 g/mol. The largest absolute Gasteiger partial charge is 0.497 e. The van der Waals surface area contributed by atoms with E-state index in [1.54, 1.807) is 86.8 Å². The summed E-state index contributed by atoms with van der Waals surface area (Å²) in [6.07, 6.45) is 1.47. The molecule has 0 radical (unpaired) electrons. The minimum atomic E-state index is -0.558. The van der Waals surface area contributed by atoms with Crippen LogP contribution in [0.5, 0.6) is 5.75 Å². The van der Waals surface area contributed by atoms with Gasteiger partial charge in [0, 0.05) is 16.1 Å². The lowest BCUT2D eigenvalue weighted by Gasteiger charge is -2.13. The van der Waals surface area contributed by atoms with Gasteiger partial charge in [-0.25, -0.2) is 4.98 Å². The molecule has 3 N–H and O–H groups in total. The smallest absolute Gasteiger partial charge is 0.272 e. The molecule has 45 heavy (non-hydrogen) atoms. The van der Waals surface area contributed by atoms with Gasteiger partial charge in [0.1, 0.15) is 11.4 Å². The van der Waals surface area contributed by atoms with Crippen LogP contribution in [0.25, 0.3) is 16.3 Å². The Hall–Kier alpha value is -4.35. The SMILES string of the molecule is COc1ccc2nc(NC(=O)C(C)Sc3ccc(NC(=O)/C(=C/c4cccc(Cl)c4Cl)NC(=O)c4ccccc4)cc3)sc2c1. The minimum absolute atomic E-state index is 0.0231. The third-order valence-electron chi connectivity index (χ3n) is 6.43. The number of hydrogen-bond acceptors (Lipinski definition) is 7. The van der Waals surface area contributed by atoms with E-state index < -0.39 is 17.1 Å². The van der Waals surface area contributed by atoms with Gasteiger partial charge in [-0.3, -0.25) is 14.4 Å². The summed E-state index contributed by atoms with van der Waals surface area (Å²) in [6, 6.07) is 26.1. The van der Waals surface area contributed by atoms with Crippen LogP contribution in [0.3, 0.4) is 0 Å². The Morgan fingerprint density at radius 2 is 1.69 bits per heavy atom. The molecule has 0 saturated heterocycles. The maximum Gasteiger partial charge on any atom is 0.272 e. The van der Waals surface area contributed by atoms with Crippen molar-refractivity contribution >= 4 is 91.1 Å². The van der Waals surface area contributed by atoms with Crippen molar-refractivity contribution < 1.29 is 19.1 Å². The standard InChI is InChI=1S/C33H26Cl2N4O4S2/c1-19(30(40)39-33-38-26-16-13-23(43-2)18-28(26)45-33)44-24-14-11-22(12-15-24)36-32(42)27(17-21-9-6-10-25(34)29(21)35)37-31(41)20-7-4-3-5-8-20/h3-19H,1-2H3,(H,36,42)(H,37,41)(H,38,39,40)/b27-17-. The van der Waals surface area contributed by atoms with Gasteiger partial charge in [0.25, 0.3) is 11.8 Å². The van der Waals surface area contributed by atoms with E-state index >= 15 is 0 Å². The van der Waals surface area contributed by atoms with Gasteiger partial charge in [-0.05, 0) is 79.2 Å². The molecule has 5 rings (SSSR count). The Kier molecular flexibility index (Phi) is 10.4. The van der Waals surface area contributed by atoms with E-state index in [1.807, 2.05) is 18.2 Å². The van der Waals surface area contributed by atoms with Crippen LogP contribution < -0.4 is 20.7 Å². The maximum atomic E-state index is 13.4. The predicted molar refractivity (Wildman–Crippen MR) is 184 cm³/mol. The van der Waals surface area contributed by atoms with E-state index in [4.69, 9.17) is 27.9 Å². The van der Waals surface area contributed by atoms with Crippen LogP contribution in [-0.4, -0.2) is 35.1 Å². The molecule has 5 aromatic rings. The fraction of sp³-hybridized carbons (Fsp3) is 0.0909. The van der Waals surface area contributed by atoms with Gasteiger partial charge in [-0.15, -0.1) is 11.8 Å². The highest BCUT2D eigenvalue weighted by atomic mass is 35.5. The lowest BCUT2D eigenvalue weighted by molar-refractivity contribution is -0.115. The fourth-order valence-electron chi connectivity index (χ4n) is 4.10. The lowest BCUT2D eigenvalue weighted by Crippen LogP contribution is -2.30. The first-order valence-corrected chi connectivity index (χ1v) is 16.0. The molecule has 0 aliphatic heterocycles. The van der Waals surface area contributed by atoms with Gasteiger partial charge in [0.2, 0.25) is 5.91 Å². The number of halogens is 2. The zero-order valence-corrected chi connectivity index (χ0v) is 27.1. The van der Waals surface area contributed by atoms with Gasteiger partial charge in [-0.1, -0.05) is 64.9 Å². The van der Waals surface area contributed by atoms with Gasteiger partial charge in [0.15, 0.2) is 5.13 Å². The second kappa shape index (κ2) is 14.6. The molecular weight excluding hydrogens is 651 g/mol. The highest BCUT2D eigenvalue weighted by Gasteiger charge is 2.19. The molecule has 8 nitrogen and oxygen atoms in total. The molecule has 0 aliphatic rings. The normalized spacial score (nSPS) is 12.0. The number of ether oxygens (including phenoxy) is 1. The lowest BCUT2D eigenvalue weighted by atomic mass is 10.1. The van der Waals surface area contributed by atoms with E-state index in [0.29, 0.717) is 27.0 Å². The number of thioether (sulfide) groups is 1. The number of nitrogens with zero attached hydrogens (tertiary/aromatic N) is 1. The maximum absolute atomic E-state index is 13.4. The summed E-state index contributed by atoms with van der Waals surface area (Å²) in [6.45, 7) is 1.81. The number of fused-ring (bicyclic) bond motifs is 1. The molecule has 1 heterocycles. The van der Waals surface area contributed by atoms with Crippen molar-refractivity contribution in [2.45, 2.75) is 17.1 Å². The van der Waals surface area contributed by atoms with Crippen molar-refractivity contribution in [1.29, 1.82) is 0 Å². The number of benzene rings is 4. The van der Waals surface area contributed by atoms with Crippen LogP contribution in [-0.2, 0) is 9.59 Å². The first-order chi connectivity index (χ1) is 21.7. The van der Waals surface area contributed by atoms with Gasteiger partial charge < -0.3 is 20.7 Å². The molecule has 0 fully saturated rings. The van der Waals surface area contributed by atoms with Crippen molar-refractivity contribution in [1.82, 2.24) is 10.3 Å². The quantitative estimate of drug-likeness (QED) is 0.102. The minimum Gasteiger partial charge on any atom is -0.497 e. The molecule has 1 unspecified atom stereocenters. The van der Waals surface area contributed by atoms with Crippen molar-refractivity contribution in [2.75, 3.05) is 17.7 Å². The van der Waals surface area contributed by atoms with Gasteiger partial charge in [-0.2, -0.15) is 0 Å². The van der Waals surface area contributed by atoms with E-state index in [0.717, 1.165) is 20.9 Å². The Bertz CT molecular complexity index is 1900. The number of carbonyl (C=O) groups is 3. The molecular formula is C33H26Cl2N4O4S2. The van der Waals surface area contributed by atoms with Crippen LogP contribution in [0, 0.1) is 0 Å². The number of amides is 3. The second-order valence-electron chi connectivity index (χ2n) is 9.60. The van der Waals surface area contributed by atoms with Crippen LogP contribution in [0.4, 0.5) is 10.8 Å². The summed E-state index contributed by atoms with van der Waals surface area (Å²) in [7, 11) is 1.60. The number of carbonyl (C=O) groups excluding carboxylic acids is 3. The fourth-order valence-corrected chi connectivity index (χ4v) is 6.22. The van der Waals surface area contributed by atoms with Gasteiger partial charge >= 0.3 is 0 Å². The average Bonchev–Trinajstić information content (AvgIpc) is 3.45. The van der Waals surface area contributed by atoms with E-state index in [2.05, 4.69) is 20.9 Å². The number of hydrogen-bond donors (Lipinski definition) is 3. The molecule has 0 spiro atoms. The summed E-state index contributed by atoms with van der Waals surface area (Å²) >= 11 is 15.3. The van der Waals surface area contributed by atoms with Crippen LogP contribution in [0.1, 0.15) is 22.8 Å². The molecule has 4 aromatic carbocycles. The van der Waals surface area contributed by atoms with Crippen molar-refractivity contribution in [3.63, 3.8) is 0 Å². The first kappa shape index (κ1) is 32.1. The van der Waals surface area contributed by atoms with Crippen LogP contribution in [0.2, 0.25) is 10.0 Å². The zero-order valence-electron chi connectivity index (χ0n) is 24.0. The summed E-state index contributed by atoms with van der Waals surface area (Å²) in [5.41, 5.74) is 2.10. The summed E-state index contributed by atoms with van der Waals surface area (Å²) < 4.78 is 6.17. The predicted octanol–water partition coefficient (Wildman–Crippen LogP) is 8.14. The first-order valence-electron chi connectivity index (χ1n) is 13.6. The molecule has 12 heteroatoms. The number of anilines is 2. The Morgan fingerprint density at radius 3 is 2.42 bits per heavy atom. The molecule has 1 aromatic heterocycles. The van der Waals surface area contributed by atoms with Crippen molar-refractivity contribution in [3.05, 3.63) is 118 Å². The Labute approximate surface area is 277 Å². The molecule has 0 saturated carbocycles. The van der Waals surface area contributed by atoms with Crippen LogP contribution in [0.15, 0.2) is 102 Å². The highest BCUT2D eigenvalue weighted by molar-refractivity contribution is 8.00.